The Balaban J connectivity index is 1.55. The van der Waals surface area contributed by atoms with Gasteiger partial charge in [-0.25, -0.2) is 4.79 Å². The first-order valence-corrected chi connectivity index (χ1v) is 12.1. The third kappa shape index (κ3) is 7.13. The van der Waals surface area contributed by atoms with Gasteiger partial charge in [0.2, 0.25) is 0 Å². The first kappa shape index (κ1) is 25.9. The van der Waals surface area contributed by atoms with Crippen molar-refractivity contribution in [3.8, 4) is 17.2 Å². The van der Waals surface area contributed by atoms with Crippen LogP contribution in [0.1, 0.15) is 46.5 Å². The lowest BCUT2D eigenvalue weighted by Crippen LogP contribution is -2.02. The SMILES string of the molecule is CCCc1c(OC/C=C/COc2cccc(Sc3ccccc3C(=O)O)c2)ccc(C(C)=O)c1O. The number of carboxylic acid groups (broad SMARTS) is 1. The highest BCUT2D eigenvalue weighted by Gasteiger charge is 2.15. The summed E-state index contributed by atoms with van der Waals surface area (Å²) in [5.74, 6) is 0.0826. The standard InChI is InChI=1S/C28H28O6S/c1-3-9-23-25(15-14-22(19(2)29)27(23)30)34-17-7-6-16-33-20-10-8-11-21(18-20)35-26-13-5-4-12-24(26)28(31)32/h4-8,10-15,18,30H,3,9,16-17H2,1-2H3,(H,31,32)/b7-6+. The normalized spacial score (nSPS) is 10.9. The third-order valence-electron chi connectivity index (χ3n) is 5.12. The van der Waals surface area contributed by atoms with E-state index in [-0.39, 0.29) is 17.1 Å². The van der Waals surface area contributed by atoms with Crippen molar-refractivity contribution in [2.45, 2.75) is 36.5 Å². The monoisotopic (exact) mass is 492 g/mol. The summed E-state index contributed by atoms with van der Waals surface area (Å²) < 4.78 is 11.6. The Bertz CT molecular complexity index is 1220. The molecule has 2 N–H and O–H groups in total. The Morgan fingerprint density at radius 1 is 0.943 bits per heavy atom. The van der Waals surface area contributed by atoms with Crippen LogP contribution in [-0.2, 0) is 6.42 Å². The van der Waals surface area contributed by atoms with E-state index in [0.29, 0.717) is 47.2 Å². The molecule has 0 aliphatic rings. The van der Waals surface area contributed by atoms with E-state index in [1.165, 1.54) is 18.7 Å². The second kappa shape index (κ2) is 12.7. The van der Waals surface area contributed by atoms with Crippen LogP contribution in [0.5, 0.6) is 17.2 Å². The number of ketones is 1. The largest absolute Gasteiger partial charge is 0.507 e. The molecule has 0 heterocycles. The number of carboxylic acids is 1. The molecule has 0 spiro atoms. The number of aromatic hydroxyl groups is 1. The molecular weight excluding hydrogens is 464 g/mol. The van der Waals surface area contributed by atoms with Crippen LogP contribution in [0.15, 0.2) is 82.6 Å². The smallest absolute Gasteiger partial charge is 0.336 e. The summed E-state index contributed by atoms with van der Waals surface area (Å²) in [6.45, 7) is 4.05. The predicted octanol–water partition coefficient (Wildman–Crippen LogP) is 6.41. The summed E-state index contributed by atoms with van der Waals surface area (Å²) in [5.41, 5.74) is 1.21. The van der Waals surface area contributed by atoms with Gasteiger partial charge in [-0.2, -0.15) is 0 Å². The molecule has 0 amide bonds. The molecule has 35 heavy (non-hydrogen) atoms. The minimum atomic E-state index is -0.959. The van der Waals surface area contributed by atoms with E-state index >= 15 is 0 Å². The number of phenols is 1. The van der Waals surface area contributed by atoms with Crippen molar-refractivity contribution < 1.29 is 29.3 Å². The number of hydrogen-bond donors (Lipinski definition) is 2. The van der Waals surface area contributed by atoms with Gasteiger partial charge in [-0.15, -0.1) is 0 Å². The van der Waals surface area contributed by atoms with E-state index in [4.69, 9.17) is 9.47 Å². The number of rotatable bonds is 12. The van der Waals surface area contributed by atoms with Gasteiger partial charge in [0, 0.05) is 15.4 Å². The summed E-state index contributed by atoms with van der Waals surface area (Å²) in [4.78, 5) is 24.7. The number of benzene rings is 3. The van der Waals surface area contributed by atoms with Crippen molar-refractivity contribution in [2.24, 2.45) is 0 Å². The van der Waals surface area contributed by atoms with Gasteiger partial charge in [0.05, 0.1) is 11.1 Å². The van der Waals surface area contributed by atoms with Gasteiger partial charge in [-0.1, -0.05) is 43.3 Å². The maximum atomic E-state index is 11.7. The molecule has 0 aromatic heterocycles. The van der Waals surface area contributed by atoms with Crippen molar-refractivity contribution in [1.82, 2.24) is 0 Å². The molecule has 0 bridgehead atoms. The molecule has 7 heteroatoms. The lowest BCUT2D eigenvalue weighted by atomic mass is 10.0. The molecule has 3 aromatic rings. The zero-order chi connectivity index (χ0) is 25.2. The van der Waals surface area contributed by atoms with Gasteiger partial charge < -0.3 is 19.7 Å². The van der Waals surface area contributed by atoms with E-state index in [1.54, 1.807) is 30.3 Å². The molecule has 3 rings (SSSR count). The Kier molecular flexibility index (Phi) is 9.38. The minimum Gasteiger partial charge on any atom is -0.507 e. The molecule has 3 aromatic carbocycles. The summed E-state index contributed by atoms with van der Waals surface area (Å²) in [6, 6.07) is 17.7. The van der Waals surface area contributed by atoms with Gasteiger partial charge in [-0.05, 0) is 68.0 Å². The topological polar surface area (TPSA) is 93.1 Å². The van der Waals surface area contributed by atoms with Crippen LogP contribution in [-0.4, -0.2) is 35.2 Å². The highest BCUT2D eigenvalue weighted by molar-refractivity contribution is 7.99. The Morgan fingerprint density at radius 2 is 1.69 bits per heavy atom. The quantitative estimate of drug-likeness (QED) is 0.223. The van der Waals surface area contributed by atoms with Crippen molar-refractivity contribution in [2.75, 3.05) is 13.2 Å². The molecule has 0 fully saturated rings. The summed E-state index contributed by atoms with van der Waals surface area (Å²) >= 11 is 1.37. The molecular formula is C28H28O6S. The van der Waals surface area contributed by atoms with Gasteiger partial charge in [0.1, 0.15) is 30.5 Å². The molecule has 0 radical (unpaired) electrons. The fraction of sp³-hybridized carbons (Fsp3) is 0.214. The highest BCUT2D eigenvalue weighted by atomic mass is 32.2. The fourth-order valence-corrected chi connectivity index (χ4v) is 4.42. The molecule has 0 atom stereocenters. The molecule has 0 aliphatic heterocycles. The number of Topliss-reactive ketones (excluding diaryl/α,β-unsaturated/α-hetero) is 1. The summed E-state index contributed by atoms with van der Waals surface area (Å²) in [5, 5.41) is 19.8. The predicted molar refractivity (Wildman–Crippen MR) is 136 cm³/mol. The van der Waals surface area contributed by atoms with Crippen molar-refractivity contribution in [1.29, 1.82) is 0 Å². The second-order valence-electron chi connectivity index (χ2n) is 7.72. The molecule has 6 nitrogen and oxygen atoms in total. The van der Waals surface area contributed by atoms with E-state index in [2.05, 4.69) is 0 Å². The van der Waals surface area contributed by atoms with Crippen LogP contribution in [0.2, 0.25) is 0 Å². The minimum absolute atomic E-state index is 0.00658. The zero-order valence-corrected chi connectivity index (χ0v) is 20.5. The number of carbonyl (C=O) groups is 2. The van der Waals surface area contributed by atoms with Crippen LogP contribution >= 0.6 is 11.8 Å². The van der Waals surface area contributed by atoms with Crippen LogP contribution in [0, 0.1) is 0 Å². The Morgan fingerprint density at radius 3 is 2.40 bits per heavy atom. The van der Waals surface area contributed by atoms with Crippen molar-refractivity contribution in [3.05, 3.63) is 89.5 Å². The molecule has 0 saturated carbocycles. The van der Waals surface area contributed by atoms with Gasteiger partial charge >= 0.3 is 5.97 Å². The van der Waals surface area contributed by atoms with Crippen molar-refractivity contribution in [3.63, 3.8) is 0 Å². The highest BCUT2D eigenvalue weighted by Crippen LogP contribution is 2.34. The summed E-state index contributed by atoms with van der Waals surface area (Å²) in [6.07, 6.45) is 5.09. The maximum absolute atomic E-state index is 11.7. The van der Waals surface area contributed by atoms with E-state index in [1.807, 2.05) is 49.4 Å². The summed E-state index contributed by atoms with van der Waals surface area (Å²) in [7, 11) is 0. The molecule has 0 saturated heterocycles. The van der Waals surface area contributed by atoms with Crippen LogP contribution in [0.4, 0.5) is 0 Å². The van der Waals surface area contributed by atoms with Crippen LogP contribution in [0.3, 0.4) is 0 Å². The van der Waals surface area contributed by atoms with Crippen molar-refractivity contribution >= 4 is 23.5 Å². The number of aromatic carboxylic acids is 1. The lowest BCUT2D eigenvalue weighted by Gasteiger charge is -2.13. The average molecular weight is 493 g/mol. The first-order valence-electron chi connectivity index (χ1n) is 11.3. The molecule has 182 valence electrons. The van der Waals surface area contributed by atoms with Gasteiger partial charge in [-0.3, -0.25) is 4.79 Å². The molecule has 0 unspecified atom stereocenters. The number of phenolic OH excluding ortho intramolecular Hbond substituents is 1. The van der Waals surface area contributed by atoms with Gasteiger partial charge in [0.25, 0.3) is 0 Å². The zero-order valence-electron chi connectivity index (χ0n) is 19.7. The van der Waals surface area contributed by atoms with Crippen LogP contribution < -0.4 is 9.47 Å². The number of hydrogen-bond acceptors (Lipinski definition) is 6. The number of carbonyl (C=O) groups excluding carboxylic acids is 1. The third-order valence-corrected chi connectivity index (χ3v) is 6.18. The first-order chi connectivity index (χ1) is 16.9. The number of ether oxygens (including phenoxy) is 2. The lowest BCUT2D eigenvalue weighted by molar-refractivity contribution is 0.0693. The Labute approximate surface area is 209 Å². The second-order valence-corrected chi connectivity index (χ2v) is 8.83. The molecule has 0 aliphatic carbocycles. The van der Waals surface area contributed by atoms with E-state index < -0.39 is 5.97 Å². The fourth-order valence-electron chi connectivity index (χ4n) is 3.43. The Hall–Kier alpha value is -3.71. The van der Waals surface area contributed by atoms with E-state index in [9.17, 15) is 19.8 Å². The van der Waals surface area contributed by atoms with Crippen LogP contribution in [0.25, 0.3) is 0 Å². The maximum Gasteiger partial charge on any atom is 0.336 e. The van der Waals surface area contributed by atoms with E-state index in [0.717, 1.165) is 11.3 Å². The average Bonchev–Trinajstić information content (AvgIpc) is 2.83. The van der Waals surface area contributed by atoms with Gasteiger partial charge in [0.15, 0.2) is 5.78 Å².